The summed E-state index contributed by atoms with van der Waals surface area (Å²) in [7, 11) is 0. The first-order valence-corrected chi connectivity index (χ1v) is 9.39. The molecular formula is C17H22N2OS2. The van der Waals surface area contributed by atoms with Crippen molar-refractivity contribution < 1.29 is 4.79 Å². The van der Waals surface area contributed by atoms with Gasteiger partial charge in [-0.15, -0.1) is 23.1 Å². The molecule has 22 heavy (non-hydrogen) atoms. The molecule has 0 saturated heterocycles. The van der Waals surface area contributed by atoms with Crippen LogP contribution in [0.2, 0.25) is 0 Å². The molecule has 0 aliphatic carbocycles. The van der Waals surface area contributed by atoms with E-state index in [0.717, 1.165) is 39.8 Å². The van der Waals surface area contributed by atoms with Crippen molar-refractivity contribution in [2.45, 2.75) is 50.3 Å². The van der Waals surface area contributed by atoms with E-state index in [1.807, 2.05) is 38.1 Å². The molecule has 1 N–H and O–H groups in total. The number of nitrogens with zero attached hydrogens (tertiary/aromatic N) is 1. The summed E-state index contributed by atoms with van der Waals surface area (Å²) in [5.41, 5.74) is 1.83. The molecule has 2 rings (SSSR count). The average molecular weight is 335 g/mol. The van der Waals surface area contributed by atoms with Crippen molar-refractivity contribution in [1.82, 2.24) is 10.3 Å². The Morgan fingerprint density at radius 2 is 2.09 bits per heavy atom. The van der Waals surface area contributed by atoms with Crippen LogP contribution in [0.25, 0.3) is 0 Å². The Labute approximate surface area is 140 Å². The van der Waals surface area contributed by atoms with E-state index in [1.165, 1.54) is 0 Å². The van der Waals surface area contributed by atoms with Crippen molar-refractivity contribution in [3.63, 3.8) is 0 Å². The van der Waals surface area contributed by atoms with Crippen LogP contribution in [0.3, 0.4) is 0 Å². The zero-order valence-corrected chi connectivity index (χ0v) is 14.9. The van der Waals surface area contributed by atoms with Gasteiger partial charge < -0.3 is 5.32 Å². The Bertz CT molecular complexity index is 607. The second-order valence-corrected chi connectivity index (χ2v) is 7.45. The molecule has 0 fully saturated rings. The lowest BCUT2D eigenvalue weighted by atomic mass is 10.1. The molecule has 1 atom stereocenters. The fourth-order valence-corrected chi connectivity index (χ4v) is 3.66. The Hall–Kier alpha value is -1.33. The van der Waals surface area contributed by atoms with Gasteiger partial charge in [-0.05, 0) is 44.5 Å². The molecule has 1 unspecified atom stereocenters. The van der Waals surface area contributed by atoms with Crippen molar-refractivity contribution in [3.05, 3.63) is 45.9 Å². The number of hydrogen-bond acceptors (Lipinski definition) is 4. The molecule has 2 aromatic rings. The van der Waals surface area contributed by atoms with E-state index in [9.17, 15) is 4.79 Å². The van der Waals surface area contributed by atoms with Crippen LogP contribution < -0.4 is 5.32 Å². The number of carbonyl (C=O) groups excluding carboxylic acids is 1. The molecule has 0 spiro atoms. The summed E-state index contributed by atoms with van der Waals surface area (Å²) >= 11 is 3.42. The third-order valence-corrected chi connectivity index (χ3v) is 5.14. The van der Waals surface area contributed by atoms with E-state index in [-0.39, 0.29) is 11.9 Å². The largest absolute Gasteiger partial charge is 0.350 e. The maximum Gasteiger partial charge on any atom is 0.251 e. The molecule has 1 heterocycles. The van der Waals surface area contributed by atoms with E-state index in [2.05, 4.69) is 22.6 Å². The second-order valence-electron chi connectivity index (χ2n) is 5.33. The molecule has 1 amide bonds. The summed E-state index contributed by atoms with van der Waals surface area (Å²) < 4.78 is 0. The van der Waals surface area contributed by atoms with Crippen LogP contribution >= 0.6 is 23.1 Å². The van der Waals surface area contributed by atoms with Crippen LogP contribution in [-0.2, 0) is 5.75 Å². The summed E-state index contributed by atoms with van der Waals surface area (Å²) in [6.45, 7) is 6.19. The fourth-order valence-electron chi connectivity index (χ4n) is 2.15. The minimum absolute atomic E-state index is 0.00706. The summed E-state index contributed by atoms with van der Waals surface area (Å²) in [6.07, 6.45) is 2.08. The molecule has 118 valence electrons. The van der Waals surface area contributed by atoms with Crippen LogP contribution in [0.4, 0.5) is 0 Å². The van der Waals surface area contributed by atoms with Gasteiger partial charge in [0.05, 0.1) is 10.7 Å². The molecule has 1 aromatic heterocycles. The predicted molar refractivity (Wildman–Crippen MR) is 94.7 cm³/mol. The van der Waals surface area contributed by atoms with Gasteiger partial charge in [-0.25, -0.2) is 4.98 Å². The maximum absolute atomic E-state index is 12.1. The van der Waals surface area contributed by atoms with Gasteiger partial charge in [0.1, 0.15) is 0 Å². The molecule has 5 heteroatoms. The number of aryl methyl sites for hydroxylation is 1. The summed E-state index contributed by atoms with van der Waals surface area (Å²) in [5.74, 6) is 0.872. The van der Waals surface area contributed by atoms with Crippen molar-refractivity contribution in [1.29, 1.82) is 0 Å². The predicted octanol–water partition coefficient (Wildman–Crippen LogP) is 4.66. The highest BCUT2D eigenvalue weighted by molar-refractivity contribution is 7.98. The van der Waals surface area contributed by atoms with Crippen molar-refractivity contribution in [2.24, 2.45) is 0 Å². The Balaban J connectivity index is 1.88. The number of benzene rings is 1. The lowest BCUT2D eigenvalue weighted by molar-refractivity contribution is 0.0938. The molecule has 3 nitrogen and oxygen atoms in total. The summed E-state index contributed by atoms with van der Waals surface area (Å²) in [6, 6.07) is 8.01. The summed E-state index contributed by atoms with van der Waals surface area (Å²) in [4.78, 5) is 17.7. The molecule has 0 aliphatic heterocycles. The standard InChI is InChI=1S/C17H22N2OS2/c1-4-5-12(2)18-17(20)14-6-8-16(9-7-14)22-11-15-10-21-13(3)19-15/h6-10,12H,4-5,11H2,1-3H3,(H,18,20). The first-order valence-electron chi connectivity index (χ1n) is 7.53. The molecule has 0 radical (unpaired) electrons. The monoisotopic (exact) mass is 334 g/mol. The van der Waals surface area contributed by atoms with Gasteiger partial charge in [0.25, 0.3) is 5.91 Å². The molecule has 0 saturated carbocycles. The van der Waals surface area contributed by atoms with Gasteiger partial charge in [-0.3, -0.25) is 4.79 Å². The van der Waals surface area contributed by atoms with Gasteiger partial charge in [0.2, 0.25) is 0 Å². The van der Waals surface area contributed by atoms with Gasteiger partial charge in [0.15, 0.2) is 0 Å². The van der Waals surface area contributed by atoms with Gasteiger partial charge >= 0.3 is 0 Å². The number of carbonyl (C=O) groups is 1. The summed E-state index contributed by atoms with van der Waals surface area (Å²) in [5, 5.41) is 6.22. The maximum atomic E-state index is 12.1. The minimum atomic E-state index is 0.00706. The Morgan fingerprint density at radius 1 is 1.36 bits per heavy atom. The average Bonchev–Trinajstić information content (AvgIpc) is 2.91. The Morgan fingerprint density at radius 3 is 2.68 bits per heavy atom. The first kappa shape index (κ1) is 17.0. The second kappa shape index (κ2) is 8.34. The fraction of sp³-hybridized carbons (Fsp3) is 0.412. The van der Waals surface area contributed by atoms with E-state index >= 15 is 0 Å². The number of thiazole rings is 1. The highest BCUT2D eigenvalue weighted by Gasteiger charge is 2.09. The molecule has 1 aromatic carbocycles. The van der Waals surface area contributed by atoms with Crippen LogP contribution in [0, 0.1) is 6.92 Å². The van der Waals surface area contributed by atoms with Crippen LogP contribution in [0.5, 0.6) is 0 Å². The minimum Gasteiger partial charge on any atom is -0.350 e. The smallest absolute Gasteiger partial charge is 0.251 e. The van der Waals surface area contributed by atoms with Gasteiger partial charge in [-0.2, -0.15) is 0 Å². The van der Waals surface area contributed by atoms with Crippen molar-refractivity contribution in [3.8, 4) is 0 Å². The van der Waals surface area contributed by atoms with E-state index in [4.69, 9.17) is 0 Å². The lowest BCUT2D eigenvalue weighted by Gasteiger charge is -2.12. The Kier molecular flexibility index (Phi) is 6.46. The number of thioether (sulfide) groups is 1. The van der Waals surface area contributed by atoms with Gasteiger partial charge in [-0.1, -0.05) is 13.3 Å². The topological polar surface area (TPSA) is 42.0 Å². The van der Waals surface area contributed by atoms with E-state index in [0.29, 0.717) is 0 Å². The van der Waals surface area contributed by atoms with Crippen LogP contribution in [0.15, 0.2) is 34.5 Å². The highest BCUT2D eigenvalue weighted by Crippen LogP contribution is 2.23. The molecular weight excluding hydrogens is 312 g/mol. The van der Waals surface area contributed by atoms with E-state index in [1.54, 1.807) is 23.1 Å². The normalized spacial score (nSPS) is 12.1. The number of aromatic nitrogens is 1. The number of hydrogen-bond donors (Lipinski definition) is 1. The molecule has 0 bridgehead atoms. The number of amides is 1. The van der Waals surface area contributed by atoms with Crippen molar-refractivity contribution in [2.75, 3.05) is 0 Å². The first-order chi connectivity index (χ1) is 10.6. The van der Waals surface area contributed by atoms with E-state index < -0.39 is 0 Å². The van der Waals surface area contributed by atoms with Crippen LogP contribution in [-0.4, -0.2) is 16.9 Å². The third kappa shape index (κ3) is 5.14. The third-order valence-electron chi connectivity index (χ3n) is 3.27. The molecule has 0 aliphatic rings. The number of rotatable bonds is 7. The highest BCUT2D eigenvalue weighted by atomic mass is 32.2. The number of nitrogens with one attached hydrogen (secondary N) is 1. The zero-order valence-electron chi connectivity index (χ0n) is 13.3. The SMILES string of the molecule is CCCC(C)NC(=O)c1ccc(SCc2csc(C)n2)cc1. The van der Waals surface area contributed by atoms with Crippen molar-refractivity contribution >= 4 is 29.0 Å². The lowest BCUT2D eigenvalue weighted by Crippen LogP contribution is -2.32. The van der Waals surface area contributed by atoms with Crippen LogP contribution in [0.1, 0.15) is 47.7 Å². The van der Waals surface area contributed by atoms with Gasteiger partial charge in [0, 0.05) is 27.6 Å². The quantitative estimate of drug-likeness (QED) is 0.749. The zero-order chi connectivity index (χ0) is 15.9.